The fourth-order valence-corrected chi connectivity index (χ4v) is 2.84. The number of aryl methyl sites for hydroxylation is 1. The maximum Gasteiger partial charge on any atom is 0.150 e. The summed E-state index contributed by atoms with van der Waals surface area (Å²) in [4.78, 5) is 21.7. The van der Waals surface area contributed by atoms with Crippen molar-refractivity contribution in [3.8, 4) is 5.75 Å². The number of nitroso groups, excluding NO2 is 1. The van der Waals surface area contributed by atoms with Crippen molar-refractivity contribution in [1.29, 1.82) is 0 Å². The van der Waals surface area contributed by atoms with Gasteiger partial charge in [0, 0.05) is 36.1 Å². The van der Waals surface area contributed by atoms with Gasteiger partial charge in [0.15, 0.2) is 0 Å². The molecule has 0 amide bonds. The second kappa shape index (κ2) is 6.04. The Morgan fingerprint density at radius 1 is 1.17 bits per heavy atom. The van der Waals surface area contributed by atoms with E-state index in [4.69, 9.17) is 4.74 Å². The molecule has 0 bridgehead atoms. The molecule has 0 unspecified atom stereocenters. The summed E-state index contributed by atoms with van der Waals surface area (Å²) in [5, 5.41) is 4.00. The number of ether oxygens (including phenoxy) is 1. The predicted molar refractivity (Wildman–Crippen MR) is 89.6 cm³/mol. The maximum atomic E-state index is 10.9. The van der Waals surface area contributed by atoms with Gasteiger partial charge in [0.2, 0.25) is 0 Å². The van der Waals surface area contributed by atoms with E-state index < -0.39 is 0 Å². The third kappa shape index (κ3) is 2.73. The molecule has 0 radical (unpaired) electrons. The van der Waals surface area contributed by atoms with Crippen molar-refractivity contribution >= 4 is 22.9 Å². The zero-order valence-corrected chi connectivity index (χ0v) is 12.9. The lowest BCUT2D eigenvalue weighted by molar-refractivity contribution is 0.112. The first-order valence-corrected chi connectivity index (χ1v) is 7.19. The zero-order chi connectivity index (χ0) is 16.4. The van der Waals surface area contributed by atoms with Crippen molar-refractivity contribution in [3.63, 3.8) is 0 Å². The van der Waals surface area contributed by atoms with Crippen LogP contribution >= 0.6 is 0 Å². The Labute approximate surface area is 133 Å². The second-order valence-corrected chi connectivity index (χ2v) is 5.42. The minimum Gasteiger partial charge on any atom is -0.496 e. The highest BCUT2D eigenvalue weighted by Crippen LogP contribution is 2.30. The van der Waals surface area contributed by atoms with Crippen LogP contribution < -0.4 is 4.74 Å². The average Bonchev–Trinajstić information content (AvgIpc) is 2.90. The van der Waals surface area contributed by atoms with Crippen LogP contribution in [0.25, 0.3) is 10.9 Å². The minimum absolute atomic E-state index is 0.410. The number of fused-ring (bicyclic) bond motifs is 1. The zero-order valence-electron chi connectivity index (χ0n) is 12.9. The summed E-state index contributed by atoms with van der Waals surface area (Å²) >= 11 is 0. The Hall–Kier alpha value is -2.95. The van der Waals surface area contributed by atoms with Gasteiger partial charge in [-0.2, -0.15) is 0 Å². The van der Waals surface area contributed by atoms with Crippen LogP contribution in [0.3, 0.4) is 0 Å². The highest BCUT2D eigenvalue weighted by Gasteiger charge is 2.11. The van der Waals surface area contributed by atoms with Gasteiger partial charge in [0.25, 0.3) is 0 Å². The standard InChI is InChI=1S/C18H16N2O3/c1-20-10-14(16-9-15(19-22)5-6-17(16)20)8-13-4-3-12(11-21)7-18(13)23-2/h3-7,9-11H,8H2,1-2H3. The van der Waals surface area contributed by atoms with Gasteiger partial charge in [0.1, 0.15) is 17.7 Å². The molecule has 0 atom stereocenters. The highest BCUT2D eigenvalue weighted by molar-refractivity contribution is 5.87. The predicted octanol–water partition coefficient (Wildman–Crippen LogP) is 3.99. The fourth-order valence-electron chi connectivity index (χ4n) is 2.84. The van der Waals surface area contributed by atoms with Crippen LogP contribution in [0.1, 0.15) is 21.5 Å². The van der Waals surface area contributed by atoms with E-state index in [0.29, 0.717) is 23.4 Å². The molecule has 0 spiro atoms. The molecule has 0 fully saturated rings. The van der Waals surface area contributed by atoms with E-state index in [1.54, 1.807) is 31.4 Å². The molecule has 116 valence electrons. The van der Waals surface area contributed by atoms with E-state index in [1.807, 2.05) is 29.9 Å². The van der Waals surface area contributed by atoms with Crippen molar-refractivity contribution in [2.75, 3.05) is 7.11 Å². The monoisotopic (exact) mass is 308 g/mol. The van der Waals surface area contributed by atoms with Crippen LogP contribution in [0.15, 0.2) is 47.8 Å². The quantitative estimate of drug-likeness (QED) is 0.529. The Morgan fingerprint density at radius 2 is 2.00 bits per heavy atom. The molecule has 1 heterocycles. The summed E-state index contributed by atoms with van der Waals surface area (Å²) in [6.07, 6.45) is 3.47. The third-order valence-electron chi connectivity index (χ3n) is 3.99. The summed E-state index contributed by atoms with van der Waals surface area (Å²) in [6.45, 7) is 0. The first-order valence-electron chi connectivity index (χ1n) is 7.19. The molecule has 5 nitrogen and oxygen atoms in total. The summed E-state index contributed by atoms with van der Waals surface area (Å²) in [7, 11) is 3.55. The minimum atomic E-state index is 0.410. The van der Waals surface area contributed by atoms with Gasteiger partial charge in [-0.25, -0.2) is 0 Å². The Morgan fingerprint density at radius 3 is 2.70 bits per heavy atom. The number of carbonyl (C=O) groups is 1. The van der Waals surface area contributed by atoms with Gasteiger partial charge < -0.3 is 9.30 Å². The molecule has 0 aliphatic carbocycles. The van der Waals surface area contributed by atoms with Gasteiger partial charge >= 0.3 is 0 Å². The molecule has 0 saturated carbocycles. The van der Waals surface area contributed by atoms with Crippen molar-refractivity contribution in [3.05, 3.63) is 64.2 Å². The van der Waals surface area contributed by atoms with Gasteiger partial charge in [-0.1, -0.05) is 12.1 Å². The van der Waals surface area contributed by atoms with Gasteiger partial charge in [-0.3, -0.25) is 4.79 Å². The lowest BCUT2D eigenvalue weighted by atomic mass is 10.0. The van der Waals surface area contributed by atoms with Crippen molar-refractivity contribution in [1.82, 2.24) is 4.57 Å². The number of benzene rings is 2. The molecule has 0 aliphatic rings. The number of carbonyl (C=O) groups excluding carboxylic acids is 1. The molecular formula is C18H16N2O3. The molecule has 5 heteroatoms. The largest absolute Gasteiger partial charge is 0.496 e. The van der Waals surface area contributed by atoms with Crippen LogP contribution in [-0.2, 0) is 13.5 Å². The Balaban J connectivity index is 2.08. The highest BCUT2D eigenvalue weighted by atomic mass is 16.5. The molecule has 3 rings (SSSR count). The number of hydrogen-bond acceptors (Lipinski definition) is 4. The van der Waals surface area contributed by atoms with E-state index in [0.717, 1.165) is 28.3 Å². The van der Waals surface area contributed by atoms with Crippen LogP contribution in [0, 0.1) is 4.91 Å². The van der Waals surface area contributed by atoms with Crippen molar-refractivity contribution < 1.29 is 9.53 Å². The molecule has 0 saturated heterocycles. The molecule has 2 aromatic carbocycles. The molecule has 0 N–H and O–H groups in total. The average molecular weight is 308 g/mol. The van der Waals surface area contributed by atoms with Gasteiger partial charge in [0.05, 0.1) is 7.11 Å². The Bertz CT molecular complexity index is 897. The lowest BCUT2D eigenvalue weighted by Gasteiger charge is -2.08. The normalized spacial score (nSPS) is 10.7. The molecule has 0 aliphatic heterocycles. The molecular weight excluding hydrogens is 292 g/mol. The number of rotatable bonds is 5. The van der Waals surface area contributed by atoms with Crippen LogP contribution in [0.4, 0.5) is 5.69 Å². The first-order chi connectivity index (χ1) is 11.2. The van der Waals surface area contributed by atoms with Crippen LogP contribution in [-0.4, -0.2) is 18.0 Å². The first kappa shape index (κ1) is 15.0. The number of aromatic nitrogens is 1. The number of aldehydes is 1. The topological polar surface area (TPSA) is 60.7 Å². The summed E-state index contributed by atoms with van der Waals surface area (Å²) < 4.78 is 7.41. The van der Waals surface area contributed by atoms with Gasteiger partial charge in [-0.15, -0.1) is 4.91 Å². The van der Waals surface area contributed by atoms with E-state index in [1.165, 1.54) is 0 Å². The summed E-state index contributed by atoms with van der Waals surface area (Å²) in [6, 6.07) is 10.8. The van der Waals surface area contributed by atoms with E-state index >= 15 is 0 Å². The van der Waals surface area contributed by atoms with Gasteiger partial charge in [-0.05, 0) is 40.6 Å². The fraction of sp³-hybridized carbons (Fsp3) is 0.167. The van der Waals surface area contributed by atoms with Crippen molar-refractivity contribution in [2.24, 2.45) is 12.2 Å². The molecule has 1 aromatic heterocycles. The van der Waals surface area contributed by atoms with E-state index in [9.17, 15) is 9.70 Å². The molecule has 3 aromatic rings. The maximum absolute atomic E-state index is 10.9. The summed E-state index contributed by atoms with van der Waals surface area (Å²) in [5.74, 6) is 0.677. The second-order valence-electron chi connectivity index (χ2n) is 5.42. The Kier molecular flexibility index (Phi) is 3.93. The SMILES string of the molecule is COc1cc(C=O)ccc1Cc1cn(C)c2ccc(N=O)cc12. The lowest BCUT2D eigenvalue weighted by Crippen LogP contribution is -1.95. The van der Waals surface area contributed by atoms with E-state index in [2.05, 4.69) is 5.18 Å². The summed E-state index contributed by atoms with van der Waals surface area (Å²) in [5.41, 5.74) is 4.08. The van der Waals surface area contributed by atoms with Crippen LogP contribution in [0.5, 0.6) is 5.75 Å². The van der Waals surface area contributed by atoms with E-state index in [-0.39, 0.29) is 0 Å². The smallest absolute Gasteiger partial charge is 0.150 e. The van der Waals surface area contributed by atoms with Crippen molar-refractivity contribution in [2.45, 2.75) is 6.42 Å². The molecule has 23 heavy (non-hydrogen) atoms. The van der Waals surface area contributed by atoms with Crippen LogP contribution in [0.2, 0.25) is 0 Å². The number of nitrogens with zero attached hydrogens (tertiary/aromatic N) is 2. The number of methoxy groups -OCH3 is 1. The third-order valence-corrected chi connectivity index (χ3v) is 3.99. The number of hydrogen-bond donors (Lipinski definition) is 0.